The van der Waals surface area contributed by atoms with E-state index in [1.807, 2.05) is 32.9 Å². The van der Waals surface area contributed by atoms with Crippen LogP contribution in [0.3, 0.4) is 0 Å². The summed E-state index contributed by atoms with van der Waals surface area (Å²) in [6, 6.07) is 3.70. The van der Waals surface area contributed by atoms with E-state index in [2.05, 4.69) is 33.6 Å². The van der Waals surface area contributed by atoms with Gasteiger partial charge in [-0.05, 0) is 54.8 Å². The average Bonchev–Trinajstić information content (AvgIpc) is 3.13. The van der Waals surface area contributed by atoms with E-state index in [0.29, 0.717) is 24.5 Å². The highest BCUT2D eigenvalue weighted by Gasteiger charge is 2.34. The number of halogens is 1. The van der Waals surface area contributed by atoms with Crippen molar-refractivity contribution < 1.29 is 9.50 Å². The molecule has 1 aromatic carbocycles. The fourth-order valence-electron chi connectivity index (χ4n) is 3.55. The first kappa shape index (κ1) is 19.9. The van der Waals surface area contributed by atoms with Crippen LogP contribution in [0.15, 0.2) is 54.7 Å². The first-order chi connectivity index (χ1) is 13.3. The van der Waals surface area contributed by atoms with Crippen LogP contribution in [-0.2, 0) is 5.54 Å². The van der Waals surface area contributed by atoms with E-state index < -0.39 is 11.9 Å². The maximum Gasteiger partial charge on any atom is 0.173 e. The van der Waals surface area contributed by atoms with Crippen LogP contribution in [0, 0.1) is 5.82 Å². The van der Waals surface area contributed by atoms with E-state index in [4.69, 9.17) is 0 Å². The Balaban J connectivity index is 2.14. The van der Waals surface area contributed by atoms with Crippen molar-refractivity contribution in [2.24, 2.45) is 0 Å². The van der Waals surface area contributed by atoms with Crippen LogP contribution in [0.5, 0.6) is 5.75 Å². The summed E-state index contributed by atoms with van der Waals surface area (Å²) in [4.78, 5) is 2.13. The molecule has 1 atom stereocenters. The second kappa shape index (κ2) is 7.67. The van der Waals surface area contributed by atoms with Crippen molar-refractivity contribution in [3.8, 4) is 5.75 Å². The molecule has 0 spiro atoms. The van der Waals surface area contributed by atoms with Gasteiger partial charge in [0.25, 0.3) is 0 Å². The Bertz CT molecular complexity index is 925. The van der Waals surface area contributed by atoms with Gasteiger partial charge in [0.15, 0.2) is 5.82 Å². The van der Waals surface area contributed by atoms with E-state index in [-0.39, 0.29) is 11.3 Å². The first-order valence-corrected chi connectivity index (χ1v) is 9.24. The van der Waals surface area contributed by atoms with Crippen molar-refractivity contribution in [2.45, 2.75) is 38.8 Å². The number of rotatable bonds is 5. The van der Waals surface area contributed by atoms with Crippen molar-refractivity contribution in [1.29, 1.82) is 0 Å². The highest BCUT2D eigenvalue weighted by Crippen LogP contribution is 2.35. The van der Waals surface area contributed by atoms with Gasteiger partial charge in [-0.3, -0.25) is 4.90 Å². The van der Waals surface area contributed by atoms with Crippen LogP contribution < -0.4 is 0 Å². The Morgan fingerprint density at radius 2 is 1.93 bits per heavy atom. The summed E-state index contributed by atoms with van der Waals surface area (Å²) < 4.78 is 16.6. The van der Waals surface area contributed by atoms with Gasteiger partial charge in [0.2, 0.25) is 0 Å². The molecule has 7 heteroatoms. The Kier molecular flexibility index (Phi) is 5.47. The zero-order valence-electron chi connectivity index (χ0n) is 16.6. The third-order valence-corrected chi connectivity index (χ3v) is 4.96. The normalized spacial score (nSPS) is 16.9. The van der Waals surface area contributed by atoms with Crippen LogP contribution >= 0.6 is 0 Å². The molecule has 2 aromatic rings. The minimum absolute atomic E-state index is 0.116. The Labute approximate surface area is 164 Å². The highest BCUT2D eigenvalue weighted by atomic mass is 19.1. The summed E-state index contributed by atoms with van der Waals surface area (Å²) in [7, 11) is 0. The van der Waals surface area contributed by atoms with Crippen molar-refractivity contribution >= 4 is 0 Å². The molecule has 3 rings (SSSR count). The van der Waals surface area contributed by atoms with Gasteiger partial charge in [0.1, 0.15) is 17.6 Å². The molecule has 0 aliphatic carbocycles. The lowest BCUT2D eigenvalue weighted by atomic mass is 9.95. The maximum atomic E-state index is 14.9. The number of hydrogen-bond donors (Lipinski definition) is 1. The molecule has 2 heterocycles. The minimum atomic E-state index is -0.504. The maximum absolute atomic E-state index is 14.9. The monoisotopic (exact) mass is 383 g/mol. The zero-order chi connectivity index (χ0) is 20.5. The Morgan fingerprint density at radius 3 is 2.54 bits per heavy atom. The number of allylic oxidation sites excluding steroid dienone is 1. The summed E-state index contributed by atoms with van der Waals surface area (Å²) in [6.07, 6.45) is 4.45. The summed E-state index contributed by atoms with van der Waals surface area (Å²) >= 11 is 0. The van der Waals surface area contributed by atoms with Crippen molar-refractivity contribution in [1.82, 2.24) is 25.1 Å². The molecule has 0 bridgehead atoms. The summed E-state index contributed by atoms with van der Waals surface area (Å²) in [5, 5.41) is 21.9. The lowest BCUT2D eigenvalue weighted by Crippen LogP contribution is -2.39. The molecule has 148 valence electrons. The van der Waals surface area contributed by atoms with Gasteiger partial charge in [-0.25, -0.2) is 9.07 Å². The smallest absolute Gasteiger partial charge is 0.173 e. The standard InChI is InChI=1S/C21H26FN5O/c1-6-14-10-11-26(13-15(14)7-2)19(17-9-8-16(28)12-18(17)22)20-23-24-25-27(20)21(3,4)5/h6-9,12,19,28H,1-2,10-11,13H2,3-5H3. The second-order valence-corrected chi connectivity index (χ2v) is 7.91. The van der Waals surface area contributed by atoms with E-state index >= 15 is 0 Å². The topological polar surface area (TPSA) is 67.1 Å². The lowest BCUT2D eigenvalue weighted by Gasteiger charge is -2.36. The number of aromatic nitrogens is 4. The molecule has 1 aromatic heterocycles. The fourth-order valence-corrected chi connectivity index (χ4v) is 3.55. The van der Waals surface area contributed by atoms with Crippen LogP contribution in [0.1, 0.15) is 44.6 Å². The molecule has 28 heavy (non-hydrogen) atoms. The van der Waals surface area contributed by atoms with Gasteiger partial charge in [0.05, 0.1) is 5.54 Å². The molecule has 0 amide bonds. The number of phenols is 1. The summed E-state index contributed by atoms with van der Waals surface area (Å²) in [5.74, 6) is -0.0515. The highest BCUT2D eigenvalue weighted by molar-refractivity contribution is 5.37. The number of nitrogens with zero attached hydrogens (tertiary/aromatic N) is 5. The third kappa shape index (κ3) is 3.75. The minimum Gasteiger partial charge on any atom is -0.508 e. The molecule has 1 unspecified atom stereocenters. The number of hydrogen-bond acceptors (Lipinski definition) is 5. The van der Waals surface area contributed by atoms with Gasteiger partial charge in [-0.15, -0.1) is 5.10 Å². The Morgan fingerprint density at radius 1 is 1.21 bits per heavy atom. The van der Waals surface area contributed by atoms with Gasteiger partial charge in [-0.2, -0.15) is 0 Å². The number of tetrazole rings is 1. The molecule has 1 N–H and O–H groups in total. The van der Waals surface area contributed by atoms with Crippen molar-refractivity contribution in [3.63, 3.8) is 0 Å². The number of benzene rings is 1. The number of aromatic hydroxyl groups is 1. The van der Waals surface area contributed by atoms with Crippen molar-refractivity contribution in [3.05, 3.63) is 71.9 Å². The summed E-state index contributed by atoms with van der Waals surface area (Å²) in [5.41, 5.74) is 2.25. The van der Waals surface area contributed by atoms with Gasteiger partial charge in [-0.1, -0.05) is 31.4 Å². The molecular weight excluding hydrogens is 357 g/mol. The third-order valence-electron chi connectivity index (χ3n) is 4.96. The Hall–Kier alpha value is -2.80. The lowest BCUT2D eigenvalue weighted by molar-refractivity contribution is 0.208. The van der Waals surface area contributed by atoms with Crippen LogP contribution in [-0.4, -0.2) is 43.3 Å². The van der Waals surface area contributed by atoms with E-state index in [1.165, 1.54) is 6.07 Å². The second-order valence-electron chi connectivity index (χ2n) is 7.91. The fraction of sp³-hybridized carbons (Fsp3) is 0.381. The summed E-state index contributed by atoms with van der Waals surface area (Å²) in [6.45, 7) is 15.1. The number of phenolic OH excluding ortho intramolecular Hbond substituents is 1. The SMILES string of the molecule is C=CC1=C(C=C)CN(C(c2ccc(O)cc2F)c2nnnn2C(C)(C)C)CC1. The molecule has 0 radical (unpaired) electrons. The average molecular weight is 383 g/mol. The van der Waals surface area contributed by atoms with E-state index in [1.54, 1.807) is 10.7 Å². The molecular formula is C21H26FN5O. The largest absolute Gasteiger partial charge is 0.508 e. The predicted molar refractivity (Wildman–Crippen MR) is 106 cm³/mol. The molecule has 1 aliphatic heterocycles. The van der Waals surface area contributed by atoms with E-state index in [0.717, 1.165) is 23.6 Å². The van der Waals surface area contributed by atoms with Crippen LogP contribution in [0.2, 0.25) is 0 Å². The molecule has 0 saturated heterocycles. The molecule has 6 nitrogen and oxygen atoms in total. The van der Waals surface area contributed by atoms with Crippen LogP contribution in [0.25, 0.3) is 0 Å². The van der Waals surface area contributed by atoms with Crippen molar-refractivity contribution in [2.75, 3.05) is 13.1 Å². The first-order valence-electron chi connectivity index (χ1n) is 9.24. The quantitative estimate of drug-likeness (QED) is 0.852. The molecule has 0 saturated carbocycles. The van der Waals surface area contributed by atoms with Gasteiger partial charge in [0, 0.05) is 24.7 Å². The van der Waals surface area contributed by atoms with Gasteiger partial charge < -0.3 is 5.11 Å². The molecule has 0 fully saturated rings. The zero-order valence-corrected chi connectivity index (χ0v) is 16.6. The predicted octanol–water partition coefficient (Wildman–Crippen LogP) is 3.74. The van der Waals surface area contributed by atoms with Gasteiger partial charge >= 0.3 is 0 Å². The van der Waals surface area contributed by atoms with E-state index in [9.17, 15) is 9.50 Å². The van der Waals surface area contributed by atoms with Crippen LogP contribution in [0.4, 0.5) is 4.39 Å². The molecule has 1 aliphatic rings.